The Balaban J connectivity index is 1.61. The molecule has 0 radical (unpaired) electrons. The summed E-state index contributed by atoms with van der Waals surface area (Å²) in [6.07, 6.45) is 8.54. The molecule has 7 heteroatoms. The Morgan fingerprint density at radius 3 is 2.32 bits per heavy atom. The highest BCUT2D eigenvalue weighted by Crippen LogP contribution is 2.25. The van der Waals surface area contributed by atoms with Crippen molar-refractivity contribution in [2.75, 3.05) is 10.8 Å². The third kappa shape index (κ3) is 4.84. The minimum Gasteiger partial charge on any atom is -0.295 e. The molecular formula is C27H29N3O3S. The van der Waals surface area contributed by atoms with Gasteiger partial charge in [-0.25, -0.2) is 13.1 Å². The molecule has 1 aromatic heterocycles. The lowest BCUT2D eigenvalue weighted by molar-refractivity contribution is 0.599. The van der Waals surface area contributed by atoms with Crippen LogP contribution in [-0.2, 0) is 22.9 Å². The molecule has 0 saturated carbocycles. The van der Waals surface area contributed by atoms with Gasteiger partial charge in [-0.05, 0) is 62.6 Å². The van der Waals surface area contributed by atoms with Gasteiger partial charge in [0.2, 0.25) is 0 Å². The van der Waals surface area contributed by atoms with Crippen molar-refractivity contribution in [1.82, 2.24) is 9.78 Å². The van der Waals surface area contributed by atoms with Crippen molar-refractivity contribution in [3.8, 4) is 0 Å². The first kappa shape index (κ1) is 23.6. The van der Waals surface area contributed by atoms with E-state index in [9.17, 15) is 13.2 Å². The van der Waals surface area contributed by atoms with E-state index in [2.05, 4.69) is 17.2 Å². The zero-order chi connectivity index (χ0) is 24.1. The third-order valence-electron chi connectivity index (χ3n) is 5.96. The summed E-state index contributed by atoms with van der Waals surface area (Å²) in [6.45, 7) is 4.02. The van der Waals surface area contributed by atoms with Crippen LogP contribution >= 0.6 is 0 Å². The summed E-state index contributed by atoms with van der Waals surface area (Å²) in [5.41, 5.74) is 3.98. The minimum atomic E-state index is -3.74. The number of hydrogen-bond donors (Lipinski definition) is 1. The van der Waals surface area contributed by atoms with Crippen LogP contribution < -0.4 is 9.86 Å². The summed E-state index contributed by atoms with van der Waals surface area (Å²) >= 11 is 0. The van der Waals surface area contributed by atoms with Crippen LogP contribution in [0, 0.1) is 6.92 Å². The highest BCUT2D eigenvalue weighted by Gasteiger charge is 2.25. The summed E-state index contributed by atoms with van der Waals surface area (Å²) in [7, 11) is -3.74. The van der Waals surface area contributed by atoms with E-state index in [1.54, 1.807) is 36.4 Å². The van der Waals surface area contributed by atoms with E-state index in [0.29, 0.717) is 30.8 Å². The molecule has 0 spiro atoms. The Morgan fingerprint density at radius 1 is 0.971 bits per heavy atom. The van der Waals surface area contributed by atoms with Gasteiger partial charge in [0.15, 0.2) is 0 Å². The largest absolute Gasteiger partial charge is 0.295 e. The number of aryl methyl sites for hydroxylation is 2. The quantitative estimate of drug-likeness (QED) is 0.508. The normalized spacial score (nSPS) is 13.8. The maximum atomic E-state index is 13.4. The van der Waals surface area contributed by atoms with Crippen molar-refractivity contribution < 1.29 is 8.42 Å². The van der Waals surface area contributed by atoms with Crippen LogP contribution in [0.25, 0.3) is 5.70 Å². The maximum absolute atomic E-state index is 13.4. The van der Waals surface area contributed by atoms with Crippen molar-refractivity contribution in [2.24, 2.45) is 0 Å². The van der Waals surface area contributed by atoms with E-state index in [0.717, 1.165) is 17.7 Å². The molecule has 0 fully saturated rings. The SMILES string of the molecule is CCN(c1ccccc1)S(=O)(=O)C1=CC=C(n2[nH]c(C)c(CCc3ccccc3)c2=O)CC=C1. The number of para-hydroxylation sites is 1. The lowest BCUT2D eigenvalue weighted by Gasteiger charge is -2.23. The van der Waals surface area contributed by atoms with Crippen molar-refractivity contribution in [1.29, 1.82) is 0 Å². The van der Waals surface area contributed by atoms with Gasteiger partial charge in [-0.15, -0.1) is 0 Å². The molecule has 2 aromatic carbocycles. The second-order valence-corrected chi connectivity index (χ2v) is 10.0. The molecule has 3 aromatic rings. The average molecular weight is 476 g/mol. The summed E-state index contributed by atoms with van der Waals surface area (Å²) in [4.78, 5) is 13.3. The standard InChI is InChI=1S/C27H29N3O3S/c1-3-29(23-13-8-5-9-14-23)34(32,33)25-16-10-15-24(18-19-25)30-27(31)26(21(2)28-30)20-17-22-11-6-4-7-12-22/h4-14,16,18-19,28H,3,15,17,20H2,1-2H3. The van der Waals surface area contributed by atoms with Gasteiger partial charge in [0, 0.05) is 29.9 Å². The van der Waals surface area contributed by atoms with Crippen LogP contribution in [0.5, 0.6) is 0 Å². The van der Waals surface area contributed by atoms with Crippen LogP contribution in [0.1, 0.15) is 30.2 Å². The van der Waals surface area contributed by atoms with Gasteiger partial charge < -0.3 is 0 Å². The van der Waals surface area contributed by atoms with Gasteiger partial charge in [0.25, 0.3) is 15.6 Å². The molecule has 1 N–H and O–H groups in total. The summed E-state index contributed by atoms with van der Waals surface area (Å²) in [6, 6.07) is 19.1. The monoisotopic (exact) mass is 475 g/mol. The highest BCUT2D eigenvalue weighted by atomic mass is 32.2. The van der Waals surface area contributed by atoms with E-state index in [-0.39, 0.29) is 10.5 Å². The zero-order valence-corrected chi connectivity index (χ0v) is 20.3. The van der Waals surface area contributed by atoms with Gasteiger partial charge in [0.1, 0.15) is 0 Å². The van der Waals surface area contributed by atoms with E-state index in [4.69, 9.17) is 0 Å². The zero-order valence-electron chi connectivity index (χ0n) is 19.4. The van der Waals surface area contributed by atoms with Crippen LogP contribution in [0.4, 0.5) is 5.69 Å². The van der Waals surface area contributed by atoms with Crippen LogP contribution in [0.3, 0.4) is 0 Å². The topological polar surface area (TPSA) is 75.2 Å². The number of nitrogens with one attached hydrogen (secondary N) is 1. The molecule has 4 rings (SSSR count). The lowest BCUT2D eigenvalue weighted by atomic mass is 10.1. The number of allylic oxidation sites excluding steroid dienone is 5. The number of hydrogen-bond acceptors (Lipinski definition) is 3. The summed E-state index contributed by atoms with van der Waals surface area (Å²) in [5.74, 6) is 0. The second-order valence-electron chi connectivity index (χ2n) is 8.18. The molecule has 0 saturated heterocycles. The fourth-order valence-corrected chi connectivity index (χ4v) is 5.64. The fourth-order valence-electron chi connectivity index (χ4n) is 4.14. The fraction of sp³-hybridized carbons (Fsp3) is 0.222. The van der Waals surface area contributed by atoms with E-state index in [1.165, 1.54) is 14.6 Å². The molecule has 1 aliphatic rings. The molecule has 0 bridgehead atoms. The Labute approximate surface area is 200 Å². The number of benzene rings is 2. The third-order valence-corrected chi connectivity index (χ3v) is 7.87. The van der Waals surface area contributed by atoms with E-state index in [1.807, 2.05) is 50.2 Å². The first-order valence-electron chi connectivity index (χ1n) is 11.4. The predicted molar refractivity (Wildman–Crippen MR) is 138 cm³/mol. The molecule has 0 amide bonds. The van der Waals surface area contributed by atoms with Gasteiger partial charge in [-0.2, -0.15) is 0 Å². The Bertz CT molecular complexity index is 1400. The first-order valence-corrected chi connectivity index (χ1v) is 12.9. The Kier molecular flexibility index (Phi) is 7.03. The molecule has 1 aliphatic carbocycles. The minimum absolute atomic E-state index is 0.0905. The Morgan fingerprint density at radius 2 is 1.65 bits per heavy atom. The molecule has 0 atom stereocenters. The number of aromatic nitrogens is 2. The van der Waals surface area contributed by atoms with E-state index < -0.39 is 10.0 Å². The van der Waals surface area contributed by atoms with Gasteiger partial charge in [-0.1, -0.05) is 54.6 Å². The van der Waals surface area contributed by atoms with Gasteiger partial charge >= 0.3 is 0 Å². The summed E-state index contributed by atoms with van der Waals surface area (Å²) in [5, 5.41) is 3.17. The number of anilines is 1. The molecule has 176 valence electrons. The molecule has 1 heterocycles. The highest BCUT2D eigenvalue weighted by molar-refractivity contribution is 7.96. The predicted octanol–water partition coefficient (Wildman–Crippen LogP) is 4.81. The molecule has 6 nitrogen and oxygen atoms in total. The van der Waals surface area contributed by atoms with Crippen LogP contribution in [-0.4, -0.2) is 24.7 Å². The van der Waals surface area contributed by atoms with Crippen molar-refractivity contribution in [3.05, 3.63) is 117 Å². The van der Waals surface area contributed by atoms with Crippen LogP contribution in [0.2, 0.25) is 0 Å². The smallest absolute Gasteiger partial charge is 0.274 e. The van der Waals surface area contributed by atoms with Crippen LogP contribution in [0.15, 0.2) is 94.7 Å². The number of sulfonamides is 1. The summed E-state index contributed by atoms with van der Waals surface area (Å²) < 4.78 is 29.6. The second kappa shape index (κ2) is 10.1. The van der Waals surface area contributed by atoms with Crippen molar-refractivity contribution in [2.45, 2.75) is 33.1 Å². The van der Waals surface area contributed by atoms with Crippen molar-refractivity contribution >= 4 is 21.4 Å². The molecule has 0 unspecified atom stereocenters. The molecule has 0 aliphatic heterocycles. The van der Waals surface area contributed by atoms with Gasteiger partial charge in [0.05, 0.1) is 10.6 Å². The molecular weight excluding hydrogens is 446 g/mol. The molecule has 34 heavy (non-hydrogen) atoms. The number of aromatic amines is 1. The number of rotatable bonds is 8. The van der Waals surface area contributed by atoms with Crippen molar-refractivity contribution in [3.63, 3.8) is 0 Å². The maximum Gasteiger partial charge on any atom is 0.274 e. The Hall–Kier alpha value is -3.58. The van der Waals surface area contributed by atoms with E-state index >= 15 is 0 Å². The van der Waals surface area contributed by atoms with Gasteiger partial charge in [-0.3, -0.25) is 14.2 Å². The average Bonchev–Trinajstić information content (AvgIpc) is 3.00. The number of H-pyrrole nitrogens is 1. The first-order chi connectivity index (χ1) is 16.4. The lowest BCUT2D eigenvalue weighted by Crippen LogP contribution is -2.31. The number of nitrogens with zero attached hydrogens (tertiary/aromatic N) is 2.